The number of non-ortho nitro benzene ring substituents is 1. The fourth-order valence-corrected chi connectivity index (χ4v) is 2.33. The Balaban J connectivity index is 1.88. The van der Waals surface area contributed by atoms with E-state index in [0.717, 1.165) is 18.3 Å². The molecule has 11 nitrogen and oxygen atoms in total. The third-order valence-corrected chi connectivity index (χ3v) is 3.87. The minimum Gasteiger partial charge on any atom is -0.504 e. The Morgan fingerprint density at radius 3 is 2.40 bits per heavy atom. The number of nitro benzene ring substituents is 1. The van der Waals surface area contributed by atoms with Crippen molar-refractivity contribution in [3.05, 3.63) is 52.1 Å². The summed E-state index contributed by atoms with van der Waals surface area (Å²) in [4.78, 5) is 34.0. The van der Waals surface area contributed by atoms with Gasteiger partial charge in [0.1, 0.15) is 5.75 Å². The molecule has 2 rings (SSSR count). The van der Waals surface area contributed by atoms with Gasteiger partial charge in [-0.1, -0.05) is 0 Å². The van der Waals surface area contributed by atoms with Crippen LogP contribution in [0.4, 0.5) is 11.4 Å². The monoisotopic (exact) mass is 416 g/mol. The SMILES string of the molecule is COc1ccc(NC(=O)CCC(=O)N/N=C/c2cc([N+](=O)[O-])cc(OC)c2O)cc1. The van der Waals surface area contributed by atoms with Crippen LogP contribution in [-0.2, 0) is 9.59 Å². The van der Waals surface area contributed by atoms with Crippen LogP contribution < -0.4 is 20.2 Å². The van der Waals surface area contributed by atoms with E-state index >= 15 is 0 Å². The van der Waals surface area contributed by atoms with E-state index in [-0.39, 0.29) is 41.5 Å². The van der Waals surface area contributed by atoms with Crippen LogP contribution in [0.1, 0.15) is 18.4 Å². The number of anilines is 1. The molecule has 0 saturated carbocycles. The molecule has 0 unspecified atom stereocenters. The molecule has 0 bridgehead atoms. The van der Waals surface area contributed by atoms with Crippen molar-refractivity contribution < 1.29 is 29.1 Å². The largest absolute Gasteiger partial charge is 0.504 e. The van der Waals surface area contributed by atoms with Crippen LogP contribution >= 0.6 is 0 Å². The van der Waals surface area contributed by atoms with Gasteiger partial charge in [-0.25, -0.2) is 5.43 Å². The van der Waals surface area contributed by atoms with E-state index in [1.165, 1.54) is 14.2 Å². The highest BCUT2D eigenvalue weighted by molar-refractivity contribution is 5.93. The van der Waals surface area contributed by atoms with Crippen molar-refractivity contribution in [1.82, 2.24) is 5.43 Å². The van der Waals surface area contributed by atoms with E-state index in [1.54, 1.807) is 24.3 Å². The number of hydrazone groups is 1. The summed E-state index contributed by atoms with van der Waals surface area (Å²) in [5, 5.41) is 27.2. The predicted molar refractivity (Wildman–Crippen MR) is 108 cm³/mol. The number of hydrogen-bond acceptors (Lipinski definition) is 8. The molecule has 0 aliphatic carbocycles. The van der Waals surface area contributed by atoms with Gasteiger partial charge in [0, 0.05) is 30.2 Å². The molecule has 2 aromatic rings. The number of aromatic hydroxyl groups is 1. The van der Waals surface area contributed by atoms with E-state index in [9.17, 15) is 24.8 Å². The number of rotatable bonds is 9. The molecule has 0 atom stereocenters. The molecule has 3 N–H and O–H groups in total. The van der Waals surface area contributed by atoms with Crippen molar-refractivity contribution >= 4 is 29.4 Å². The second-order valence-corrected chi connectivity index (χ2v) is 5.91. The van der Waals surface area contributed by atoms with Crippen LogP contribution in [0.15, 0.2) is 41.5 Å². The van der Waals surface area contributed by atoms with Gasteiger partial charge >= 0.3 is 0 Å². The van der Waals surface area contributed by atoms with Crippen LogP contribution in [0.5, 0.6) is 17.2 Å². The van der Waals surface area contributed by atoms with Gasteiger partial charge in [0.05, 0.1) is 31.4 Å². The number of benzene rings is 2. The Labute approximate surface area is 171 Å². The lowest BCUT2D eigenvalue weighted by Crippen LogP contribution is -2.20. The number of ether oxygens (including phenoxy) is 2. The number of amides is 2. The average Bonchev–Trinajstić information content (AvgIpc) is 2.73. The molecule has 11 heteroatoms. The number of nitro groups is 1. The Morgan fingerprint density at radius 1 is 1.13 bits per heavy atom. The number of nitrogens with one attached hydrogen (secondary N) is 2. The van der Waals surface area contributed by atoms with Crippen LogP contribution in [0.3, 0.4) is 0 Å². The summed E-state index contributed by atoms with van der Waals surface area (Å²) in [5.74, 6) is -0.724. The molecule has 158 valence electrons. The quantitative estimate of drug-likeness (QED) is 0.322. The molecule has 0 aliphatic heterocycles. The van der Waals surface area contributed by atoms with Gasteiger partial charge in [-0.2, -0.15) is 5.10 Å². The second kappa shape index (κ2) is 10.4. The maximum Gasteiger partial charge on any atom is 0.274 e. The molecule has 2 amide bonds. The van der Waals surface area contributed by atoms with E-state index in [2.05, 4.69) is 15.8 Å². The van der Waals surface area contributed by atoms with Gasteiger partial charge in [-0.05, 0) is 24.3 Å². The van der Waals surface area contributed by atoms with Crippen molar-refractivity contribution in [2.75, 3.05) is 19.5 Å². The van der Waals surface area contributed by atoms with Crippen molar-refractivity contribution in [3.63, 3.8) is 0 Å². The zero-order valence-corrected chi connectivity index (χ0v) is 16.2. The number of carbonyl (C=O) groups is 2. The van der Waals surface area contributed by atoms with Crippen LogP contribution in [-0.4, -0.2) is 42.3 Å². The molecule has 0 aromatic heterocycles. The Hall–Kier alpha value is -4.15. The topological polar surface area (TPSA) is 152 Å². The van der Waals surface area contributed by atoms with Gasteiger partial charge in [0.15, 0.2) is 11.5 Å². The number of hydrogen-bond donors (Lipinski definition) is 3. The smallest absolute Gasteiger partial charge is 0.274 e. The number of methoxy groups -OCH3 is 2. The number of carbonyl (C=O) groups excluding carboxylic acids is 2. The summed E-state index contributed by atoms with van der Waals surface area (Å²) >= 11 is 0. The van der Waals surface area contributed by atoms with Gasteiger partial charge in [0.25, 0.3) is 5.69 Å². The van der Waals surface area contributed by atoms with Crippen molar-refractivity contribution in [2.45, 2.75) is 12.8 Å². The lowest BCUT2D eigenvalue weighted by atomic mass is 10.2. The summed E-state index contributed by atoms with van der Waals surface area (Å²) < 4.78 is 9.90. The number of phenols is 1. The first-order valence-electron chi connectivity index (χ1n) is 8.65. The Morgan fingerprint density at radius 2 is 1.80 bits per heavy atom. The Bertz CT molecular complexity index is 958. The highest BCUT2D eigenvalue weighted by Crippen LogP contribution is 2.33. The molecule has 2 aromatic carbocycles. The molecule has 0 aliphatic rings. The molecular formula is C19H20N4O7. The molecule has 0 heterocycles. The predicted octanol–water partition coefficient (Wildman–Crippen LogP) is 2.19. The van der Waals surface area contributed by atoms with Crippen LogP contribution in [0, 0.1) is 10.1 Å². The first-order chi connectivity index (χ1) is 14.3. The van der Waals surface area contributed by atoms with Crippen LogP contribution in [0.25, 0.3) is 0 Å². The molecule has 0 fully saturated rings. The van der Waals surface area contributed by atoms with Gasteiger partial charge in [-0.15, -0.1) is 0 Å². The van der Waals surface area contributed by atoms with E-state index in [0.29, 0.717) is 11.4 Å². The second-order valence-electron chi connectivity index (χ2n) is 5.91. The number of nitrogens with zero attached hydrogens (tertiary/aromatic N) is 2. The zero-order chi connectivity index (χ0) is 22.1. The summed E-state index contributed by atoms with van der Waals surface area (Å²) in [6.07, 6.45) is 0.826. The maximum absolute atomic E-state index is 11.9. The normalized spacial score (nSPS) is 10.5. The van der Waals surface area contributed by atoms with Crippen molar-refractivity contribution in [1.29, 1.82) is 0 Å². The maximum atomic E-state index is 11.9. The van der Waals surface area contributed by atoms with E-state index in [1.807, 2.05) is 0 Å². The van der Waals surface area contributed by atoms with Crippen molar-refractivity contribution in [2.24, 2.45) is 5.10 Å². The first kappa shape index (κ1) is 22.1. The van der Waals surface area contributed by atoms with Crippen molar-refractivity contribution in [3.8, 4) is 17.2 Å². The average molecular weight is 416 g/mol. The minimum absolute atomic E-state index is 0.0152. The minimum atomic E-state index is -0.653. The molecule has 0 spiro atoms. The molecule has 0 saturated heterocycles. The third kappa shape index (κ3) is 6.19. The Kier molecular flexibility index (Phi) is 7.68. The number of phenolic OH excluding ortho intramolecular Hbond substituents is 1. The van der Waals surface area contributed by atoms with Gasteiger partial charge in [-0.3, -0.25) is 19.7 Å². The molecule has 30 heavy (non-hydrogen) atoms. The summed E-state index contributed by atoms with van der Waals surface area (Å²) in [6, 6.07) is 8.86. The lowest BCUT2D eigenvalue weighted by molar-refractivity contribution is -0.385. The summed E-state index contributed by atoms with van der Waals surface area (Å²) in [7, 11) is 2.78. The fraction of sp³-hybridized carbons (Fsp3) is 0.211. The highest BCUT2D eigenvalue weighted by atomic mass is 16.6. The standard InChI is InChI=1S/C19H20N4O7/c1-29-15-5-3-13(4-6-15)21-17(24)7-8-18(25)22-20-11-12-9-14(23(27)28)10-16(30-2)19(12)26/h3-6,9-11,26H,7-8H2,1-2H3,(H,21,24)(H,22,25)/b20-11+. The van der Waals surface area contributed by atoms with E-state index < -0.39 is 10.8 Å². The fourth-order valence-electron chi connectivity index (χ4n) is 2.33. The van der Waals surface area contributed by atoms with Gasteiger partial charge < -0.3 is 19.9 Å². The summed E-state index contributed by atoms with van der Waals surface area (Å²) in [6.45, 7) is 0. The molecular weight excluding hydrogens is 396 g/mol. The van der Waals surface area contributed by atoms with E-state index in [4.69, 9.17) is 9.47 Å². The molecule has 0 radical (unpaired) electrons. The third-order valence-electron chi connectivity index (χ3n) is 3.87. The van der Waals surface area contributed by atoms with Crippen LogP contribution in [0.2, 0.25) is 0 Å². The summed E-state index contributed by atoms with van der Waals surface area (Å²) in [5.41, 5.74) is 2.43. The van der Waals surface area contributed by atoms with Gasteiger partial charge in [0.2, 0.25) is 11.8 Å². The zero-order valence-electron chi connectivity index (χ0n) is 16.2. The first-order valence-corrected chi connectivity index (χ1v) is 8.65. The highest BCUT2D eigenvalue weighted by Gasteiger charge is 2.16. The lowest BCUT2D eigenvalue weighted by Gasteiger charge is -2.06.